The third-order valence-electron chi connectivity index (χ3n) is 2.85. The van der Waals surface area contributed by atoms with Crippen LogP contribution >= 0.6 is 0 Å². The minimum Gasteiger partial charge on any atom is -1.00 e. The molecule has 0 aliphatic heterocycles. The Morgan fingerprint density at radius 3 is 2.30 bits per heavy atom. The van der Waals surface area contributed by atoms with Gasteiger partial charge in [-0.2, -0.15) is 0 Å². The Bertz CT molecular complexity index is 462. The van der Waals surface area contributed by atoms with Crippen LogP contribution in [0.4, 0.5) is 0 Å². The van der Waals surface area contributed by atoms with E-state index in [2.05, 4.69) is 43.9 Å². The fourth-order valence-corrected chi connectivity index (χ4v) is 3.20. The molecule has 0 saturated heterocycles. The summed E-state index contributed by atoms with van der Waals surface area (Å²) in [6.45, 7) is 6.90. The van der Waals surface area contributed by atoms with E-state index < -0.39 is 8.32 Å². The van der Waals surface area contributed by atoms with Crippen molar-refractivity contribution in [3.63, 3.8) is 0 Å². The van der Waals surface area contributed by atoms with Crippen LogP contribution in [0, 0.1) is 0 Å². The van der Waals surface area contributed by atoms with E-state index in [-0.39, 0.29) is 24.8 Å². The molecule has 0 aromatic heterocycles. The summed E-state index contributed by atoms with van der Waals surface area (Å²) in [6, 6.07) is 0. The number of halogens is 2. The summed E-state index contributed by atoms with van der Waals surface area (Å²) in [6.07, 6.45) is 10.8. The SMILES string of the molecule is C[Si](C)(C)OCOC1=C(C2=[C]([Zr+2])CC=C2)CC=C1.[Cl-].[Cl-]. The zero-order valence-corrected chi connectivity index (χ0v) is 17.0. The van der Waals surface area contributed by atoms with Crippen molar-refractivity contribution in [3.05, 3.63) is 44.5 Å². The maximum absolute atomic E-state index is 5.80. The van der Waals surface area contributed by atoms with Crippen LogP contribution < -0.4 is 24.8 Å². The molecule has 0 amide bonds. The molecule has 2 nitrogen and oxygen atoms in total. The number of hydrogen-bond donors (Lipinski definition) is 0. The van der Waals surface area contributed by atoms with Crippen molar-refractivity contribution in [1.29, 1.82) is 0 Å². The van der Waals surface area contributed by atoms with Crippen LogP contribution in [0.1, 0.15) is 12.8 Å². The molecule has 2 aliphatic carbocycles. The van der Waals surface area contributed by atoms with Gasteiger partial charge in [-0.3, -0.25) is 0 Å². The molecule has 0 spiro atoms. The first-order valence-electron chi connectivity index (χ1n) is 6.25. The van der Waals surface area contributed by atoms with Gasteiger partial charge in [0.05, 0.1) is 0 Å². The van der Waals surface area contributed by atoms with Crippen LogP contribution in [-0.2, 0) is 33.9 Å². The van der Waals surface area contributed by atoms with Crippen molar-refractivity contribution in [2.75, 3.05) is 6.79 Å². The molecule has 0 fully saturated rings. The molecule has 0 bridgehead atoms. The third-order valence-corrected chi connectivity index (χ3v) is 5.00. The number of hydrogen-bond acceptors (Lipinski definition) is 2. The average Bonchev–Trinajstić information content (AvgIpc) is 2.84. The minimum atomic E-state index is -1.49. The van der Waals surface area contributed by atoms with Gasteiger partial charge in [-0.1, -0.05) is 0 Å². The second-order valence-electron chi connectivity index (χ2n) is 5.47. The predicted octanol–water partition coefficient (Wildman–Crippen LogP) is -2.21. The second kappa shape index (κ2) is 8.75. The summed E-state index contributed by atoms with van der Waals surface area (Å²) >= 11 is 1.51. The van der Waals surface area contributed by atoms with Crippen molar-refractivity contribution in [1.82, 2.24) is 0 Å². The van der Waals surface area contributed by atoms with Crippen LogP contribution in [-0.4, -0.2) is 15.1 Å². The van der Waals surface area contributed by atoms with E-state index in [1.807, 2.05) is 0 Å². The predicted molar refractivity (Wildman–Crippen MR) is 71.9 cm³/mol. The zero-order chi connectivity index (χ0) is 13.2. The molecule has 20 heavy (non-hydrogen) atoms. The molecule has 0 atom stereocenters. The number of ether oxygens (including phenoxy) is 1. The Morgan fingerprint density at radius 1 is 1.10 bits per heavy atom. The summed E-state index contributed by atoms with van der Waals surface area (Å²) in [7, 11) is -1.49. The Labute approximate surface area is 150 Å². The molecule has 0 aromatic carbocycles. The summed E-state index contributed by atoms with van der Waals surface area (Å²) in [4.78, 5) is 0. The molecule has 6 heteroatoms. The molecule has 2 rings (SSSR count). The Balaban J connectivity index is 0.00000180. The maximum Gasteiger partial charge on any atom is -1.00 e. The Kier molecular flexibility index (Phi) is 8.92. The van der Waals surface area contributed by atoms with E-state index in [9.17, 15) is 0 Å². The quantitative estimate of drug-likeness (QED) is 0.379. The molecule has 109 valence electrons. The second-order valence-corrected chi connectivity index (χ2v) is 11.5. The van der Waals surface area contributed by atoms with Crippen molar-refractivity contribution in [2.45, 2.75) is 32.5 Å². The van der Waals surface area contributed by atoms with Gasteiger partial charge in [-0.25, -0.2) is 0 Å². The van der Waals surface area contributed by atoms with Crippen LogP contribution in [0.2, 0.25) is 19.6 Å². The van der Waals surface area contributed by atoms with E-state index in [0.29, 0.717) is 6.79 Å². The largest absolute Gasteiger partial charge is 1.00 e. The summed E-state index contributed by atoms with van der Waals surface area (Å²) in [5, 5.41) is 0. The molecule has 0 aromatic rings. The Morgan fingerprint density at radius 2 is 1.75 bits per heavy atom. The fourth-order valence-electron chi connectivity index (χ4n) is 1.92. The van der Waals surface area contributed by atoms with E-state index in [0.717, 1.165) is 18.6 Å². The van der Waals surface area contributed by atoms with Crippen molar-refractivity contribution < 1.29 is 58.7 Å². The van der Waals surface area contributed by atoms with Gasteiger partial charge < -0.3 is 24.8 Å². The average molecular weight is 410 g/mol. The molecule has 2 aliphatic rings. The van der Waals surface area contributed by atoms with Crippen LogP contribution in [0.5, 0.6) is 0 Å². The van der Waals surface area contributed by atoms with E-state index in [1.165, 1.54) is 39.1 Å². The molecule has 0 saturated carbocycles. The van der Waals surface area contributed by atoms with Crippen LogP contribution in [0.3, 0.4) is 0 Å². The van der Waals surface area contributed by atoms with Crippen molar-refractivity contribution in [3.8, 4) is 0 Å². The maximum atomic E-state index is 5.80. The topological polar surface area (TPSA) is 18.5 Å². The van der Waals surface area contributed by atoms with Gasteiger partial charge in [0.25, 0.3) is 0 Å². The third kappa shape index (κ3) is 5.65. The van der Waals surface area contributed by atoms with E-state index in [4.69, 9.17) is 9.16 Å². The van der Waals surface area contributed by atoms with Gasteiger partial charge in [-0.15, -0.1) is 0 Å². The molecule has 0 unspecified atom stereocenters. The van der Waals surface area contributed by atoms with Gasteiger partial charge in [0.2, 0.25) is 0 Å². The number of allylic oxidation sites excluding steroid dienone is 7. The summed E-state index contributed by atoms with van der Waals surface area (Å²) in [5.74, 6) is 0.995. The minimum absolute atomic E-state index is 0. The zero-order valence-electron chi connectivity index (χ0n) is 12.0. The van der Waals surface area contributed by atoms with E-state index in [1.54, 1.807) is 0 Å². The fraction of sp³-hybridized carbons (Fsp3) is 0.429. The molecule has 0 radical (unpaired) electrons. The smallest absolute Gasteiger partial charge is 1.00 e. The first-order valence-corrected chi connectivity index (χ1v) is 10.9. The van der Waals surface area contributed by atoms with Gasteiger partial charge in [0.1, 0.15) is 0 Å². The molecular weight excluding hydrogens is 390 g/mol. The Hall–Kier alpha value is 0.400. The van der Waals surface area contributed by atoms with Gasteiger partial charge >= 0.3 is 126 Å². The normalized spacial score (nSPS) is 17.4. The first-order chi connectivity index (χ1) is 8.47. The van der Waals surface area contributed by atoms with Crippen molar-refractivity contribution >= 4 is 8.32 Å². The number of rotatable bonds is 5. The van der Waals surface area contributed by atoms with Crippen LogP contribution in [0.25, 0.3) is 0 Å². The van der Waals surface area contributed by atoms with Gasteiger partial charge in [0, 0.05) is 0 Å². The van der Waals surface area contributed by atoms with E-state index >= 15 is 0 Å². The summed E-state index contributed by atoms with van der Waals surface area (Å²) in [5.41, 5.74) is 2.72. The molecular formula is C14H19Cl2O2SiZr. The van der Waals surface area contributed by atoms with Gasteiger partial charge in [0.15, 0.2) is 0 Å². The van der Waals surface area contributed by atoms with Gasteiger partial charge in [-0.05, 0) is 0 Å². The van der Waals surface area contributed by atoms with Crippen LogP contribution in [0.15, 0.2) is 44.5 Å². The molecule has 0 N–H and O–H groups in total. The standard InChI is InChI=1S/C14H19O2Si.2ClH.Zr/c1-17(2,3)16-11-15-14-10-6-9-13(14)12-7-4-5-8-12;;;/h4,6-7,10H,5,9,11H2,1-3H3;2*1H;/q;;;+2/p-2. The molecule has 0 heterocycles. The summed E-state index contributed by atoms with van der Waals surface area (Å²) < 4.78 is 13.1. The van der Waals surface area contributed by atoms with Crippen molar-refractivity contribution in [2.24, 2.45) is 0 Å². The first kappa shape index (κ1) is 20.4. The monoisotopic (exact) mass is 407 g/mol.